The molecule has 0 aromatic heterocycles. The lowest BCUT2D eigenvalue weighted by Gasteiger charge is -2.27. The Morgan fingerprint density at radius 3 is 2.30 bits per heavy atom. The van der Waals surface area contributed by atoms with Crippen LogP contribution in [0.2, 0.25) is 0 Å². The normalized spacial score (nSPS) is 19.2. The molecule has 168 valence electrons. The van der Waals surface area contributed by atoms with Gasteiger partial charge in [-0.2, -0.15) is 4.90 Å². The van der Waals surface area contributed by atoms with E-state index in [0.717, 1.165) is 9.91 Å². The molecule has 2 aromatic rings. The largest absolute Gasteiger partial charge is 0.389 e. The van der Waals surface area contributed by atoms with E-state index in [-0.39, 0.29) is 11.3 Å². The first kappa shape index (κ1) is 21.9. The third-order valence-electron chi connectivity index (χ3n) is 4.87. The van der Waals surface area contributed by atoms with Gasteiger partial charge in [0.15, 0.2) is 0 Å². The summed E-state index contributed by atoms with van der Waals surface area (Å²) in [5.41, 5.74) is 0.515. The number of nitrogens with zero attached hydrogens (tertiary/aromatic N) is 9. The molecule has 2 aromatic carbocycles. The fourth-order valence-corrected chi connectivity index (χ4v) is 3.58. The Bertz CT molecular complexity index is 1160. The summed E-state index contributed by atoms with van der Waals surface area (Å²) in [6, 6.07) is 12.3. The Morgan fingerprint density at radius 1 is 1.15 bits per heavy atom. The summed E-state index contributed by atoms with van der Waals surface area (Å²) in [6.45, 7) is 1.51. The van der Waals surface area contributed by atoms with E-state index in [4.69, 9.17) is 11.8 Å². The molecule has 2 heterocycles. The average molecular weight is 472 g/mol. The number of hydrogen-bond acceptors (Lipinski definition) is 10. The number of rotatable bonds is 6. The molecule has 1 fully saturated rings. The van der Waals surface area contributed by atoms with Gasteiger partial charge < -0.3 is 0 Å². The van der Waals surface area contributed by atoms with Crippen LogP contribution in [-0.2, 0) is 4.79 Å². The van der Waals surface area contributed by atoms with E-state index >= 15 is 0 Å². The van der Waals surface area contributed by atoms with Crippen molar-refractivity contribution < 1.29 is 19.3 Å². The summed E-state index contributed by atoms with van der Waals surface area (Å²) in [7, 11) is 0. The van der Waals surface area contributed by atoms with Crippen LogP contribution in [0.25, 0.3) is 0 Å². The fourth-order valence-electron chi connectivity index (χ4n) is 3.27. The topological polar surface area (TPSA) is 157 Å². The molecule has 0 bridgehead atoms. The maximum atomic E-state index is 13.1. The maximum absolute atomic E-state index is 13.1. The number of anilines is 2. The number of amides is 4. The van der Waals surface area contributed by atoms with Gasteiger partial charge in [-0.3, -0.25) is 24.6 Å². The summed E-state index contributed by atoms with van der Waals surface area (Å²) in [5.74, 6) is -2.26. The van der Waals surface area contributed by atoms with E-state index < -0.39 is 28.9 Å². The number of halogens is 1. The van der Waals surface area contributed by atoms with Crippen LogP contribution in [0.1, 0.15) is 17.3 Å². The second-order valence-electron chi connectivity index (χ2n) is 6.90. The summed E-state index contributed by atoms with van der Waals surface area (Å²) in [4.78, 5) is 50.0. The average Bonchev–Trinajstić information content (AvgIpc) is 3.36. The molecular weight excluding hydrogens is 458 g/mol. The molecule has 0 saturated carbocycles. The SMILES string of the molecule is CC1(N(C=O)c2ccc(N3C(=O)N(C(=O)c4ccccc4)C([N+](=O)[O-])N3Cl)cc2)N=NN=N1. The van der Waals surface area contributed by atoms with Crippen LogP contribution in [-0.4, -0.2) is 44.8 Å². The molecule has 0 radical (unpaired) electrons. The molecule has 15 heteroatoms. The molecule has 4 rings (SSSR count). The smallest absolute Gasteiger partial charge is 0.278 e. The fraction of sp³-hybridized carbons (Fsp3) is 0.167. The van der Waals surface area contributed by atoms with Gasteiger partial charge in [-0.25, -0.2) is 9.80 Å². The minimum atomic E-state index is -1.98. The van der Waals surface area contributed by atoms with E-state index in [1.165, 1.54) is 43.3 Å². The number of imide groups is 1. The Hall–Kier alpha value is -4.30. The first-order chi connectivity index (χ1) is 15.8. The Labute approximate surface area is 190 Å². The van der Waals surface area contributed by atoms with Crippen molar-refractivity contribution in [3.63, 3.8) is 0 Å². The third-order valence-corrected chi connectivity index (χ3v) is 5.20. The first-order valence-corrected chi connectivity index (χ1v) is 9.62. The van der Waals surface area contributed by atoms with Crippen LogP contribution in [0, 0.1) is 10.1 Å². The molecule has 0 N–H and O–H groups in total. The van der Waals surface area contributed by atoms with E-state index in [2.05, 4.69) is 20.7 Å². The molecular formula is C18H14ClN9O5. The van der Waals surface area contributed by atoms with E-state index in [1.807, 2.05) is 0 Å². The van der Waals surface area contributed by atoms with Crippen LogP contribution in [0.15, 0.2) is 75.3 Å². The summed E-state index contributed by atoms with van der Waals surface area (Å²) in [5, 5.41) is 26.9. The number of benzene rings is 2. The molecule has 0 spiro atoms. The van der Waals surface area contributed by atoms with Crippen molar-refractivity contribution in [3.8, 4) is 0 Å². The molecule has 2 aliphatic rings. The van der Waals surface area contributed by atoms with Crippen molar-refractivity contribution >= 4 is 41.5 Å². The van der Waals surface area contributed by atoms with Gasteiger partial charge in [-0.05, 0) is 51.4 Å². The molecule has 0 aliphatic carbocycles. The minimum Gasteiger partial charge on any atom is -0.278 e. The van der Waals surface area contributed by atoms with Crippen LogP contribution in [0.3, 0.4) is 0 Å². The van der Waals surface area contributed by atoms with Crippen molar-refractivity contribution in [2.75, 3.05) is 9.91 Å². The van der Waals surface area contributed by atoms with Crippen LogP contribution < -0.4 is 9.91 Å². The number of nitro groups is 1. The van der Waals surface area contributed by atoms with Gasteiger partial charge >= 0.3 is 12.3 Å². The summed E-state index contributed by atoms with van der Waals surface area (Å²) < 4.78 is 0.524. The second kappa shape index (κ2) is 8.33. The molecule has 1 atom stereocenters. The van der Waals surface area contributed by atoms with Crippen molar-refractivity contribution in [3.05, 3.63) is 70.3 Å². The highest BCUT2D eigenvalue weighted by atomic mass is 35.5. The Kier molecular flexibility index (Phi) is 5.53. The lowest BCUT2D eigenvalue weighted by molar-refractivity contribution is -0.558. The maximum Gasteiger partial charge on any atom is 0.389 e. The van der Waals surface area contributed by atoms with Gasteiger partial charge in [0.05, 0.1) is 10.6 Å². The van der Waals surface area contributed by atoms with Crippen molar-refractivity contribution in [2.45, 2.75) is 19.0 Å². The van der Waals surface area contributed by atoms with Gasteiger partial charge in [-0.1, -0.05) is 18.2 Å². The zero-order valence-electron chi connectivity index (χ0n) is 16.8. The zero-order valence-corrected chi connectivity index (χ0v) is 17.6. The number of carbonyl (C=O) groups is 3. The van der Waals surface area contributed by atoms with E-state index in [0.29, 0.717) is 21.5 Å². The number of urea groups is 1. The second-order valence-corrected chi connectivity index (χ2v) is 7.24. The van der Waals surface area contributed by atoms with Gasteiger partial charge in [0.1, 0.15) is 0 Å². The van der Waals surface area contributed by atoms with Gasteiger partial charge in [0, 0.05) is 30.0 Å². The van der Waals surface area contributed by atoms with Gasteiger partial charge in [0.25, 0.3) is 11.7 Å². The molecule has 2 aliphatic heterocycles. The number of carbonyl (C=O) groups excluding carboxylic acids is 3. The standard InChI is InChI=1S/C18H14ClN9O5/c1-18(20-22-23-21-18)24(11-29)13-7-9-14(10-8-13)26-17(31)25(16(27(26)19)28(32)33)15(30)12-5-3-2-4-6-12/h2-11,16H,1H3. The van der Waals surface area contributed by atoms with Crippen LogP contribution in [0.4, 0.5) is 16.2 Å². The predicted molar refractivity (Wildman–Crippen MR) is 112 cm³/mol. The zero-order chi connectivity index (χ0) is 23.8. The highest BCUT2D eigenvalue weighted by Gasteiger charge is 2.55. The molecule has 1 saturated heterocycles. The molecule has 33 heavy (non-hydrogen) atoms. The third kappa shape index (κ3) is 3.66. The monoisotopic (exact) mass is 471 g/mol. The van der Waals surface area contributed by atoms with Crippen molar-refractivity contribution in [2.24, 2.45) is 20.7 Å². The molecule has 4 amide bonds. The Morgan fingerprint density at radius 2 is 1.76 bits per heavy atom. The highest BCUT2D eigenvalue weighted by Crippen LogP contribution is 2.34. The first-order valence-electron chi connectivity index (χ1n) is 9.28. The quantitative estimate of drug-likeness (QED) is 0.272. The van der Waals surface area contributed by atoms with E-state index in [1.54, 1.807) is 18.2 Å². The van der Waals surface area contributed by atoms with Gasteiger partial charge in [0.2, 0.25) is 6.41 Å². The molecule has 14 nitrogen and oxygen atoms in total. The van der Waals surface area contributed by atoms with Crippen molar-refractivity contribution in [1.82, 2.24) is 9.43 Å². The lowest BCUT2D eigenvalue weighted by Crippen LogP contribution is -2.45. The Balaban J connectivity index is 1.66. The van der Waals surface area contributed by atoms with Crippen LogP contribution >= 0.6 is 11.8 Å². The van der Waals surface area contributed by atoms with Gasteiger partial charge in [-0.15, -0.1) is 10.2 Å². The summed E-state index contributed by atoms with van der Waals surface area (Å²) >= 11 is 6.13. The summed E-state index contributed by atoms with van der Waals surface area (Å²) in [6.07, 6.45) is -1.49. The highest BCUT2D eigenvalue weighted by molar-refractivity contribution is 6.20. The molecule has 1 unspecified atom stereocenters. The lowest BCUT2D eigenvalue weighted by atomic mass is 10.2. The van der Waals surface area contributed by atoms with Crippen molar-refractivity contribution in [1.29, 1.82) is 0 Å². The number of hydrogen-bond donors (Lipinski definition) is 0. The van der Waals surface area contributed by atoms with Crippen LogP contribution in [0.5, 0.6) is 0 Å². The van der Waals surface area contributed by atoms with E-state index in [9.17, 15) is 24.5 Å². The minimum absolute atomic E-state index is 0.0784. The number of hydrazine groups is 1. The predicted octanol–water partition coefficient (Wildman–Crippen LogP) is 3.17.